The van der Waals surface area contributed by atoms with Crippen LogP contribution in [0.2, 0.25) is 0 Å². The van der Waals surface area contributed by atoms with Crippen LogP contribution >= 0.6 is 0 Å². The lowest BCUT2D eigenvalue weighted by Gasteiger charge is -2.20. The number of hydrogen-bond donors (Lipinski definition) is 4. The van der Waals surface area contributed by atoms with Crippen LogP contribution in [-0.2, 0) is 9.59 Å². The van der Waals surface area contributed by atoms with Gasteiger partial charge in [-0.3, -0.25) is 9.59 Å². The van der Waals surface area contributed by atoms with Gasteiger partial charge < -0.3 is 15.3 Å². The predicted molar refractivity (Wildman–Crippen MR) is 44.4 cm³/mol. The van der Waals surface area contributed by atoms with Crippen LogP contribution in [-0.4, -0.2) is 57.5 Å². The lowest BCUT2D eigenvalue weighted by atomic mass is 10.2. The maximum absolute atomic E-state index is 10.7. The molecule has 1 aliphatic heterocycles. The summed E-state index contributed by atoms with van der Waals surface area (Å²) < 4.78 is 0. The molecule has 0 aromatic rings. The molecule has 1 heterocycles. The molecule has 1 aliphatic rings. The molecule has 0 amide bonds. The average molecular weight is 204 g/mol. The molecule has 0 spiro atoms. The van der Waals surface area contributed by atoms with Gasteiger partial charge in [0.15, 0.2) is 0 Å². The summed E-state index contributed by atoms with van der Waals surface area (Å²) in [4.78, 5) is 20.9. The Morgan fingerprint density at radius 2 is 2.07 bits per heavy atom. The smallest absolute Gasteiger partial charge is 0.322 e. The van der Waals surface area contributed by atoms with E-state index in [2.05, 4.69) is 5.43 Å². The molecule has 14 heavy (non-hydrogen) atoms. The molecule has 1 rings (SSSR count). The SMILES string of the molecule is O=C(O)CNN1C[C@H](O)C[C@H]1C(=O)O. The standard InChI is InChI=1S/C7H12N2O5/c10-4-1-5(7(13)14)9(3-4)8-2-6(11)12/h4-5,8,10H,1-3H2,(H,11,12)(H,13,14)/t4-,5+/m1/s1. The highest BCUT2D eigenvalue weighted by atomic mass is 16.4. The second-order valence-electron chi connectivity index (χ2n) is 3.12. The zero-order chi connectivity index (χ0) is 10.7. The molecular formula is C7H12N2O5. The number of aliphatic hydroxyl groups is 1. The van der Waals surface area contributed by atoms with Crippen LogP contribution in [0.15, 0.2) is 0 Å². The summed E-state index contributed by atoms with van der Waals surface area (Å²) in [5, 5.41) is 27.5. The maximum atomic E-state index is 10.7. The normalized spacial score (nSPS) is 27.8. The molecule has 0 radical (unpaired) electrons. The Labute approximate surface area is 79.9 Å². The van der Waals surface area contributed by atoms with E-state index in [1.165, 1.54) is 5.01 Å². The van der Waals surface area contributed by atoms with Crippen LogP contribution in [0.4, 0.5) is 0 Å². The molecule has 0 aromatic heterocycles. The monoisotopic (exact) mass is 204 g/mol. The van der Waals surface area contributed by atoms with E-state index in [9.17, 15) is 14.7 Å². The Hall–Kier alpha value is -1.18. The summed E-state index contributed by atoms with van der Waals surface area (Å²) in [6.07, 6.45) is -0.612. The minimum Gasteiger partial charge on any atom is -0.480 e. The highest BCUT2D eigenvalue weighted by molar-refractivity contribution is 5.74. The number of hydrogen-bond acceptors (Lipinski definition) is 5. The van der Waals surface area contributed by atoms with Crippen molar-refractivity contribution in [2.24, 2.45) is 0 Å². The number of hydrazine groups is 1. The first-order valence-electron chi connectivity index (χ1n) is 4.13. The number of carboxylic acids is 2. The fourth-order valence-electron chi connectivity index (χ4n) is 1.39. The van der Waals surface area contributed by atoms with Crippen molar-refractivity contribution < 1.29 is 24.9 Å². The van der Waals surface area contributed by atoms with E-state index >= 15 is 0 Å². The highest BCUT2D eigenvalue weighted by Gasteiger charge is 2.36. The maximum Gasteiger partial charge on any atom is 0.322 e. The van der Waals surface area contributed by atoms with Crippen LogP contribution in [0, 0.1) is 0 Å². The van der Waals surface area contributed by atoms with Crippen LogP contribution in [0.1, 0.15) is 6.42 Å². The molecule has 80 valence electrons. The number of nitrogens with one attached hydrogen (secondary N) is 1. The van der Waals surface area contributed by atoms with E-state index in [4.69, 9.17) is 10.2 Å². The van der Waals surface area contributed by atoms with Crippen LogP contribution in [0.25, 0.3) is 0 Å². The molecule has 7 heteroatoms. The van der Waals surface area contributed by atoms with Crippen LogP contribution in [0.3, 0.4) is 0 Å². The minimum atomic E-state index is -1.07. The van der Waals surface area contributed by atoms with E-state index < -0.39 is 24.1 Å². The summed E-state index contributed by atoms with van der Waals surface area (Å²) in [5.41, 5.74) is 2.44. The Kier molecular flexibility index (Phi) is 3.39. The second kappa shape index (κ2) is 4.36. The lowest BCUT2D eigenvalue weighted by Crippen LogP contribution is -2.47. The molecule has 0 saturated carbocycles. The molecule has 2 atom stereocenters. The average Bonchev–Trinajstić information content (AvgIpc) is 2.43. The lowest BCUT2D eigenvalue weighted by molar-refractivity contribution is -0.145. The third-order valence-electron chi connectivity index (χ3n) is 2.00. The van der Waals surface area contributed by atoms with E-state index in [-0.39, 0.29) is 19.5 Å². The topological polar surface area (TPSA) is 110 Å². The molecule has 0 aliphatic carbocycles. The summed E-state index contributed by atoms with van der Waals surface area (Å²) in [6.45, 7) is -0.221. The Morgan fingerprint density at radius 3 is 2.57 bits per heavy atom. The van der Waals surface area contributed by atoms with Gasteiger partial charge in [-0.1, -0.05) is 0 Å². The van der Waals surface area contributed by atoms with Gasteiger partial charge in [0.1, 0.15) is 12.6 Å². The zero-order valence-corrected chi connectivity index (χ0v) is 7.38. The Bertz CT molecular complexity index is 244. The van der Waals surface area contributed by atoms with Gasteiger partial charge in [0.25, 0.3) is 0 Å². The number of rotatable bonds is 4. The summed E-state index contributed by atoms with van der Waals surface area (Å²) in [6, 6.07) is -0.857. The third-order valence-corrected chi connectivity index (χ3v) is 2.00. The van der Waals surface area contributed by atoms with Crippen molar-refractivity contribution in [3.63, 3.8) is 0 Å². The molecular weight excluding hydrogens is 192 g/mol. The van der Waals surface area contributed by atoms with Gasteiger partial charge in [-0.05, 0) is 0 Å². The molecule has 1 fully saturated rings. The Balaban J connectivity index is 2.49. The molecule has 0 bridgehead atoms. The third kappa shape index (κ3) is 2.66. The predicted octanol–water partition coefficient (Wildman–Crippen LogP) is -1.90. The first kappa shape index (κ1) is 10.9. The van der Waals surface area contributed by atoms with Crippen molar-refractivity contribution in [3.8, 4) is 0 Å². The Morgan fingerprint density at radius 1 is 1.43 bits per heavy atom. The molecule has 7 nitrogen and oxygen atoms in total. The molecule has 1 saturated heterocycles. The summed E-state index contributed by atoms with van der Waals surface area (Å²) in [7, 11) is 0. The molecule has 0 unspecified atom stereocenters. The molecule has 0 aromatic carbocycles. The van der Waals surface area contributed by atoms with Crippen molar-refractivity contribution in [1.82, 2.24) is 10.4 Å². The number of carbonyl (C=O) groups is 2. The van der Waals surface area contributed by atoms with Gasteiger partial charge in [0, 0.05) is 13.0 Å². The van der Waals surface area contributed by atoms with Gasteiger partial charge in [0.2, 0.25) is 0 Å². The molecule has 4 N–H and O–H groups in total. The zero-order valence-electron chi connectivity index (χ0n) is 7.38. The van der Waals surface area contributed by atoms with Gasteiger partial charge in [-0.15, -0.1) is 0 Å². The highest BCUT2D eigenvalue weighted by Crippen LogP contribution is 2.15. The number of β-amino-alcohol motifs (C(OH)–C–C–N with tert-alkyl or cyclic N) is 1. The minimum absolute atomic E-state index is 0.113. The van der Waals surface area contributed by atoms with E-state index in [1.807, 2.05) is 0 Å². The van der Waals surface area contributed by atoms with Crippen molar-refractivity contribution in [1.29, 1.82) is 0 Å². The second-order valence-corrected chi connectivity index (χ2v) is 3.12. The van der Waals surface area contributed by atoms with Crippen molar-refractivity contribution in [2.45, 2.75) is 18.6 Å². The van der Waals surface area contributed by atoms with Crippen LogP contribution in [0.5, 0.6) is 0 Å². The summed E-state index contributed by atoms with van der Waals surface area (Å²) >= 11 is 0. The van der Waals surface area contributed by atoms with Gasteiger partial charge in [-0.25, -0.2) is 10.4 Å². The van der Waals surface area contributed by atoms with Crippen LogP contribution < -0.4 is 5.43 Å². The van der Waals surface area contributed by atoms with Gasteiger partial charge in [0.05, 0.1) is 6.10 Å². The summed E-state index contributed by atoms with van der Waals surface area (Å²) in [5.74, 6) is -2.14. The van der Waals surface area contributed by atoms with Gasteiger partial charge in [-0.2, -0.15) is 0 Å². The largest absolute Gasteiger partial charge is 0.480 e. The van der Waals surface area contributed by atoms with E-state index in [0.29, 0.717) is 0 Å². The number of nitrogens with zero attached hydrogens (tertiary/aromatic N) is 1. The van der Waals surface area contributed by atoms with Crippen molar-refractivity contribution >= 4 is 11.9 Å². The first-order chi connectivity index (χ1) is 6.50. The van der Waals surface area contributed by atoms with E-state index in [1.54, 1.807) is 0 Å². The number of aliphatic hydroxyl groups excluding tert-OH is 1. The first-order valence-corrected chi connectivity index (χ1v) is 4.13. The number of carboxylic acid groups (broad SMARTS) is 2. The fraction of sp³-hybridized carbons (Fsp3) is 0.714. The van der Waals surface area contributed by atoms with Gasteiger partial charge >= 0.3 is 11.9 Å². The fourth-order valence-corrected chi connectivity index (χ4v) is 1.39. The van der Waals surface area contributed by atoms with Crippen molar-refractivity contribution in [3.05, 3.63) is 0 Å². The van der Waals surface area contributed by atoms with E-state index in [0.717, 1.165) is 0 Å². The van der Waals surface area contributed by atoms with Crippen molar-refractivity contribution in [2.75, 3.05) is 13.1 Å². The quantitative estimate of drug-likeness (QED) is 0.423. The number of aliphatic carboxylic acids is 2.